The first-order valence-corrected chi connectivity index (χ1v) is 9.02. The number of rotatable bonds is 5. The molecule has 3 rings (SSSR count). The molecule has 0 atom stereocenters. The van der Waals surface area contributed by atoms with Crippen molar-refractivity contribution in [1.82, 2.24) is 14.7 Å². The third-order valence-electron chi connectivity index (χ3n) is 4.89. The lowest BCUT2D eigenvalue weighted by atomic mass is 10.1. The van der Waals surface area contributed by atoms with E-state index in [1.165, 1.54) is 0 Å². The lowest BCUT2D eigenvalue weighted by molar-refractivity contribution is -0.134. The second kappa shape index (κ2) is 8.30. The molecule has 0 radical (unpaired) electrons. The van der Waals surface area contributed by atoms with Crippen LogP contribution in [0.3, 0.4) is 0 Å². The molecule has 8 nitrogen and oxygen atoms in total. The van der Waals surface area contributed by atoms with Crippen LogP contribution >= 0.6 is 0 Å². The van der Waals surface area contributed by atoms with Crippen LogP contribution in [0, 0.1) is 0 Å². The van der Waals surface area contributed by atoms with Crippen LogP contribution in [0.2, 0.25) is 0 Å². The molecule has 0 saturated carbocycles. The van der Waals surface area contributed by atoms with Crippen LogP contribution in [-0.4, -0.2) is 84.8 Å². The maximum Gasteiger partial charge on any atom is 0.262 e. The van der Waals surface area contributed by atoms with Crippen LogP contribution in [0.4, 0.5) is 0 Å². The van der Waals surface area contributed by atoms with Gasteiger partial charge in [-0.25, -0.2) is 0 Å². The average Bonchev–Trinajstić information content (AvgIpc) is 2.87. The zero-order valence-corrected chi connectivity index (χ0v) is 15.3. The van der Waals surface area contributed by atoms with E-state index in [2.05, 4.69) is 0 Å². The summed E-state index contributed by atoms with van der Waals surface area (Å²) in [4.78, 5) is 53.9. The van der Waals surface area contributed by atoms with Gasteiger partial charge in [0.2, 0.25) is 11.8 Å². The molecular formula is C19H23N3O5. The van der Waals surface area contributed by atoms with Gasteiger partial charge in [-0.3, -0.25) is 24.1 Å². The number of amides is 4. The Morgan fingerprint density at radius 3 is 2.04 bits per heavy atom. The molecule has 2 aliphatic heterocycles. The molecule has 8 heteroatoms. The Morgan fingerprint density at radius 1 is 0.926 bits per heavy atom. The first-order chi connectivity index (χ1) is 13.0. The zero-order chi connectivity index (χ0) is 19.4. The Hall–Kier alpha value is -2.74. The predicted molar refractivity (Wildman–Crippen MR) is 96.1 cm³/mol. The molecule has 1 saturated heterocycles. The van der Waals surface area contributed by atoms with E-state index < -0.39 is 11.8 Å². The highest BCUT2D eigenvalue weighted by Crippen LogP contribution is 2.22. The number of hydrogen-bond acceptors (Lipinski definition) is 5. The number of ether oxygens (including phenoxy) is 1. The van der Waals surface area contributed by atoms with Gasteiger partial charge >= 0.3 is 0 Å². The number of fused-ring (bicyclic) bond motifs is 1. The van der Waals surface area contributed by atoms with Crippen molar-refractivity contribution in [2.24, 2.45) is 0 Å². The number of benzene rings is 1. The molecule has 2 aliphatic rings. The lowest BCUT2D eigenvalue weighted by Gasteiger charge is -2.24. The third kappa shape index (κ3) is 4.00. The van der Waals surface area contributed by atoms with Crippen molar-refractivity contribution >= 4 is 23.6 Å². The van der Waals surface area contributed by atoms with Gasteiger partial charge in [0, 0.05) is 33.3 Å². The van der Waals surface area contributed by atoms with Crippen LogP contribution in [0.25, 0.3) is 0 Å². The molecule has 0 aliphatic carbocycles. The number of hydrogen-bond donors (Lipinski definition) is 0. The van der Waals surface area contributed by atoms with Gasteiger partial charge in [0.1, 0.15) is 6.54 Å². The second-order valence-corrected chi connectivity index (χ2v) is 6.60. The summed E-state index contributed by atoms with van der Waals surface area (Å²) in [6, 6.07) is 6.57. The van der Waals surface area contributed by atoms with Gasteiger partial charge in [0.15, 0.2) is 0 Å². The fourth-order valence-electron chi connectivity index (χ4n) is 3.38. The van der Waals surface area contributed by atoms with Gasteiger partial charge in [-0.2, -0.15) is 0 Å². The SMILES string of the molecule is COCCC(=O)N1CCCN(C(=O)CN2C(=O)c3ccccc3C2=O)CC1. The van der Waals surface area contributed by atoms with Crippen molar-refractivity contribution < 1.29 is 23.9 Å². The average molecular weight is 373 g/mol. The molecule has 2 heterocycles. The first-order valence-electron chi connectivity index (χ1n) is 9.02. The topological polar surface area (TPSA) is 87.2 Å². The zero-order valence-electron chi connectivity index (χ0n) is 15.3. The summed E-state index contributed by atoms with van der Waals surface area (Å²) in [5, 5.41) is 0. The highest BCUT2D eigenvalue weighted by molar-refractivity contribution is 6.22. The minimum atomic E-state index is -0.435. The molecule has 0 bridgehead atoms. The molecule has 4 amide bonds. The molecule has 0 N–H and O–H groups in total. The summed E-state index contributed by atoms with van der Waals surface area (Å²) >= 11 is 0. The second-order valence-electron chi connectivity index (χ2n) is 6.60. The first kappa shape index (κ1) is 19.0. The van der Waals surface area contributed by atoms with E-state index in [4.69, 9.17) is 4.74 Å². The van der Waals surface area contributed by atoms with Crippen molar-refractivity contribution in [2.75, 3.05) is 46.4 Å². The number of imide groups is 1. The summed E-state index contributed by atoms with van der Waals surface area (Å²) in [5.74, 6) is -1.15. The Morgan fingerprint density at radius 2 is 1.48 bits per heavy atom. The largest absolute Gasteiger partial charge is 0.384 e. The minimum Gasteiger partial charge on any atom is -0.384 e. The smallest absolute Gasteiger partial charge is 0.262 e. The predicted octanol–water partition coefficient (Wildman–Crippen LogP) is 0.380. The van der Waals surface area contributed by atoms with Crippen molar-refractivity contribution in [3.05, 3.63) is 35.4 Å². The van der Waals surface area contributed by atoms with E-state index in [9.17, 15) is 19.2 Å². The monoisotopic (exact) mass is 373 g/mol. The molecule has 144 valence electrons. The Balaban J connectivity index is 1.58. The quantitative estimate of drug-likeness (QED) is 0.697. The molecule has 0 unspecified atom stereocenters. The Labute approximate surface area is 157 Å². The fraction of sp³-hybridized carbons (Fsp3) is 0.474. The third-order valence-corrected chi connectivity index (χ3v) is 4.89. The Bertz CT molecular complexity index is 728. The van der Waals surface area contributed by atoms with Crippen molar-refractivity contribution in [3.63, 3.8) is 0 Å². The number of methoxy groups -OCH3 is 1. The molecule has 0 spiro atoms. The van der Waals surface area contributed by atoms with E-state index in [1.54, 1.807) is 41.2 Å². The fourth-order valence-corrected chi connectivity index (χ4v) is 3.38. The van der Waals surface area contributed by atoms with Crippen LogP contribution in [0.15, 0.2) is 24.3 Å². The van der Waals surface area contributed by atoms with Gasteiger partial charge in [-0.15, -0.1) is 0 Å². The molecule has 1 fully saturated rings. The van der Waals surface area contributed by atoms with E-state index in [0.29, 0.717) is 56.8 Å². The molecule has 27 heavy (non-hydrogen) atoms. The van der Waals surface area contributed by atoms with Crippen LogP contribution in [0.1, 0.15) is 33.6 Å². The van der Waals surface area contributed by atoms with Gasteiger partial charge in [0.25, 0.3) is 11.8 Å². The van der Waals surface area contributed by atoms with Crippen molar-refractivity contribution in [3.8, 4) is 0 Å². The highest BCUT2D eigenvalue weighted by atomic mass is 16.5. The Kier molecular flexibility index (Phi) is 5.85. The maximum absolute atomic E-state index is 12.7. The number of nitrogens with zero attached hydrogens (tertiary/aromatic N) is 3. The molecule has 1 aromatic rings. The molecular weight excluding hydrogens is 350 g/mol. The summed E-state index contributed by atoms with van der Waals surface area (Å²) in [6.07, 6.45) is 0.978. The summed E-state index contributed by atoms with van der Waals surface area (Å²) in [5.41, 5.74) is 0.669. The highest BCUT2D eigenvalue weighted by Gasteiger charge is 2.37. The van der Waals surface area contributed by atoms with Gasteiger partial charge in [-0.05, 0) is 18.6 Å². The maximum atomic E-state index is 12.7. The van der Waals surface area contributed by atoms with Crippen LogP contribution in [-0.2, 0) is 14.3 Å². The van der Waals surface area contributed by atoms with E-state index >= 15 is 0 Å². The van der Waals surface area contributed by atoms with Gasteiger partial charge < -0.3 is 14.5 Å². The van der Waals surface area contributed by atoms with E-state index in [1.807, 2.05) is 0 Å². The number of carbonyl (C=O) groups is 4. The molecule has 1 aromatic carbocycles. The minimum absolute atomic E-state index is 0.00602. The molecule has 0 aromatic heterocycles. The van der Waals surface area contributed by atoms with E-state index in [-0.39, 0.29) is 18.4 Å². The van der Waals surface area contributed by atoms with Crippen LogP contribution in [0.5, 0.6) is 0 Å². The standard InChI is InChI=1S/C19H23N3O5/c1-27-12-7-16(23)20-8-4-9-21(11-10-20)17(24)13-22-18(25)14-5-2-3-6-15(14)19(22)26/h2-3,5-6H,4,7-13H2,1H3. The van der Waals surface area contributed by atoms with Crippen molar-refractivity contribution in [1.29, 1.82) is 0 Å². The normalized spacial score (nSPS) is 17.1. The summed E-state index contributed by atoms with van der Waals surface area (Å²) < 4.78 is 4.93. The summed E-state index contributed by atoms with van der Waals surface area (Å²) in [7, 11) is 1.55. The van der Waals surface area contributed by atoms with Crippen LogP contribution < -0.4 is 0 Å². The number of carbonyl (C=O) groups excluding carboxylic acids is 4. The van der Waals surface area contributed by atoms with Gasteiger partial charge in [0.05, 0.1) is 24.2 Å². The van der Waals surface area contributed by atoms with Crippen molar-refractivity contribution in [2.45, 2.75) is 12.8 Å². The van der Waals surface area contributed by atoms with Gasteiger partial charge in [-0.1, -0.05) is 12.1 Å². The lowest BCUT2D eigenvalue weighted by Crippen LogP contribution is -2.44. The summed E-state index contributed by atoms with van der Waals surface area (Å²) in [6.45, 7) is 2.01. The van der Waals surface area contributed by atoms with E-state index in [0.717, 1.165) is 4.90 Å².